The number of hydrogen-bond acceptors (Lipinski definition) is 4. The van der Waals surface area contributed by atoms with Gasteiger partial charge in [0.15, 0.2) is 5.60 Å². The quantitative estimate of drug-likeness (QED) is 0.900. The van der Waals surface area contributed by atoms with Crippen molar-refractivity contribution in [2.45, 2.75) is 24.7 Å². The lowest BCUT2D eigenvalue weighted by Crippen LogP contribution is -2.49. The van der Waals surface area contributed by atoms with Crippen LogP contribution in [0.15, 0.2) is 30.3 Å². The van der Waals surface area contributed by atoms with Crippen LogP contribution in [0.1, 0.15) is 12.0 Å². The predicted molar refractivity (Wildman–Crippen MR) is 68.1 cm³/mol. The van der Waals surface area contributed by atoms with E-state index >= 15 is 0 Å². The van der Waals surface area contributed by atoms with Crippen molar-refractivity contribution in [1.82, 2.24) is 4.90 Å². The number of likely N-dealkylation sites (tertiary alicyclic amines) is 1. The Morgan fingerprint density at radius 3 is 2.80 bits per heavy atom. The number of carbonyl (C=O) groups is 2. The summed E-state index contributed by atoms with van der Waals surface area (Å²) in [5, 5.41) is 9.19. The maximum Gasteiger partial charge on any atom is 0.410 e. The highest BCUT2D eigenvalue weighted by atomic mass is 16.6. The molecule has 0 radical (unpaired) electrons. The maximum absolute atomic E-state index is 12.0. The largest absolute Gasteiger partial charge is 0.479 e. The first-order valence-corrected chi connectivity index (χ1v) is 6.45. The first-order valence-electron chi connectivity index (χ1n) is 6.45. The van der Waals surface area contributed by atoms with Crippen molar-refractivity contribution in [3.8, 4) is 0 Å². The van der Waals surface area contributed by atoms with Crippen LogP contribution in [0.4, 0.5) is 4.79 Å². The van der Waals surface area contributed by atoms with Crippen molar-refractivity contribution in [2.75, 3.05) is 13.2 Å². The van der Waals surface area contributed by atoms with E-state index in [1.54, 1.807) is 0 Å². The van der Waals surface area contributed by atoms with Crippen LogP contribution in [0.5, 0.6) is 0 Å². The molecule has 1 amide bonds. The summed E-state index contributed by atoms with van der Waals surface area (Å²) in [6.07, 6.45) is -0.145. The molecule has 6 heteroatoms. The number of aliphatic carboxylic acids is 1. The fourth-order valence-electron chi connectivity index (χ4n) is 2.70. The standard InChI is InChI=1S/C14H15NO5/c16-12(17)14-6-11(8-20-14)15(9-14)13(18)19-7-10-4-2-1-3-5-10/h1-5,11H,6-9H2,(H,16,17)/t11-,14-/m1/s1. The lowest BCUT2D eigenvalue weighted by molar-refractivity contribution is -0.162. The lowest BCUT2D eigenvalue weighted by atomic mass is 10.0. The summed E-state index contributed by atoms with van der Waals surface area (Å²) in [5.41, 5.74) is -0.342. The second-order valence-electron chi connectivity index (χ2n) is 5.14. The molecule has 2 aliphatic heterocycles. The zero-order chi connectivity index (χ0) is 14.2. The average Bonchev–Trinajstić information content (AvgIpc) is 3.05. The highest BCUT2D eigenvalue weighted by molar-refractivity contribution is 5.81. The first kappa shape index (κ1) is 12.9. The molecule has 0 aromatic heterocycles. The molecule has 2 aliphatic rings. The summed E-state index contributed by atoms with van der Waals surface area (Å²) in [6, 6.07) is 9.16. The Bertz CT molecular complexity index is 532. The molecule has 106 valence electrons. The molecule has 0 aliphatic carbocycles. The van der Waals surface area contributed by atoms with Gasteiger partial charge in [-0.1, -0.05) is 30.3 Å². The van der Waals surface area contributed by atoms with E-state index in [2.05, 4.69) is 0 Å². The molecule has 0 saturated carbocycles. The van der Waals surface area contributed by atoms with E-state index in [1.807, 2.05) is 30.3 Å². The Kier molecular flexibility index (Phi) is 3.10. The number of ether oxygens (including phenoxy) is 2. The third-order valence-electron chi connectivity index (χ3n) is 3.81. The Hall–Kier alpha value is -2.08. The Morgan fingerprint density at radius 2 is 2.15 bits per heavy atom. The molecule has 1 N–H and O–H groups in total. The molecule has 2 saturated heterocycles. The first-order chi connectivity index (χ1) is 9.61. The van der Waals surface area contributed by atoms with Gasteiger partial charge in [-0.3, -0.25) is 4.90 Å². The van der Waals surface area contributed by atoms with Crippen molar-refractivity contribution < 1.29 is 24.2 Å². The van der Waals surface area contributed by atoms with Crippen LogP contribution < -0.4 is 0 Å². The van der Waals surface area contributed by atoms with Crippen LogP contribution >= 0.6 is 0 Å². The minimum absolute atomic E-state index is 0.0562. The van der Waals surface area contributed by atoms with Gasteiger partial charge >= 0.3 is 12.1 Å². The predicted octanol–water partition coefficient (Wildman–Crippen LogP) is 1.25. The van der Waals surface area contributed by atoms with Crippen LogP contribution in [0, 0.1) is 0 Å². The number of hydrogen-bond donors (Lipinski definition) is 1. The molecule has 2 fully saturated rings. The summed E-state index contributed by atoms with van der Waals surface area (Å²) in [4.78, 5) is 24.7. The highest BCUT2D eigenvalue weighted by Crippen LogP contribution is 2.38. The normalized spacial score (nSPS) is 27.6. The van der Waals surface area contributed by atoms with Crippen LogP contribution in [-0.4, -0.2) is 46.9 Å². The fourth-order valence-corrected chi connectivity index (χ4v) is 2.70. The summed E-state index contributed by atoms with van der Waals surface area (Å²) in [5.74, 6) is -1.02. The third-order valence-corrected chi connectivity index (χ3v) is 3.81. The molecule has 0 spiro atoms. The van der Waals surface area contributed by atoms with Gasteiger partial charge in [0.2, 0.25) is 0 Å². The van der Waals surface area contributed by atoms with Crippen molar-refractivity contribution >= 4 is 12.1 Å². The number of carboxylic acids is 1. The topological polar surface area (TPSA) is 76.1 Å². The number of morpholine rings is 1. The van der Waals surface area contributed by atoms with E-state index in [9.17, 15) is 14.7 Å². The van der Waals surface area contributed by atoms with E-state index < -0.39 is 17.7 Å². The maximum atomic E-state index is 12.0. The van der Waals surface area contributed by atoms with E-state index in [0.717, 1.165) is 5.56 Å². The molecule has 0 unspecified atom stereocenters. The minimum atomic E-state index is -1.24. The van der Waals surface area contributed by atoms with Gasteiger partial charge in [0.1, 0.15) is 6.61 Å². The van der Waals surface area contributed by atoms with Crippen LogP contribution in [0.25, 0.3) is 0 Å². The number of rotatable bonds is 3. The summed E-state index contributed by atoms with van der Waals surface area (Å²) >= 11 is 0. The van der Waals surface area contributed by atoms with Gasteiger partial charge in [0, 0.05) is 6.42 Å². The molecule has 20 heavy (non-hydrogen) atoms. The second-order valence-corrected chi connectivity index (χ2v) is 5.14. The number of carbonyl (C=O) groups excluding carboxylic acids is 1. The van der Waals surface area contributed by atoms with E-state index in [-0.39, 0.29) is 25.8 Å². The van der Waals surface area contributed by atoms with E-state index in [0.29, 0.717) is 6.42 Å². The highest BCUT2D eigenvalue weighted by Gasteiger charge is 2.58. The van der Waals surface area contributed by atoms with E-state index in [1.165, 1.54) is 4.90 Å². The number of amides is 1. The molecule has 1 aromatic rings. The fraction of sp³-hybridized carbons (Fsp3) is 0.429. The molecular weight excluding hydrogens is 262 g/mol. The molecule has 2 heterocycles. The van der Waals surface area contributed by atoms with Crippen molar-refractivity contribution in [2.24, 2.45) is 0 Å². The van der Waals surface area contributed by atoms with Crippen LogP contribution in [0.3, 0.4) is 0 Å². The number of fused-ring (bicyclic) bond motifs is 2. The Balaban J connectivity index is 1.61. The SMILES string of the molecule is O=C(OCc1ccccc1)N1C[C@@]2(C(=O)O)C[C@@H]1CO2. The summed E-state index contributed by atoms with van der Waals surface area (Å²) in [6.45, 7) is 0.497. The molecule has 3 rings (SSSR count). The molecule has 2 atom stereocenters. The molecule has 1 aromatic carbocycles. The van der Waals surface area contributed by atoms with Crippen molar-refractivity contribution in [3.63, 3.8) is 0 Å². The lowest BCUT2D eigenvalue weighted by Gasteiger charge is -2.29. The number of carboxylic acid groups (broad SMARTS) is 1. The Morgan fingerprint density at radius 1 is 1.40 bits per heavy atom. The van der Waals surface area contributed by atoms with E-state index in [4.69, 9.17) is 9.47 Å². The molecule has 2 bridgehead atoms. The van der Waals surface area contributed by atoms with Crippen LogP contribution in [0.2, 0.25) is 0 Å². The van der Waals surface area contributed by atoms with Gasteiger partial charge < -0.3 is 14.6 Å². The second kappa shape index (κ2) is 4.79. The van der Waals surface area contributed by atoms with Crippen molar-refractivity contribution in [3.05, 3.63) is 35.9 Å². The smallest absolute Gasteiger partial charge is 0.410 e. The monoisotopic (exact) mass is 277 g/mol. The molecular formula is C14H15NO5. The molecule has 6 nitrogen and oxygen atoms in total. The van der Waals surface area contributed by atoms with Gasteiger partial charge in [-0.25, -0.2) is 9.59 Å². The van der Waals surface area contributed by atoms with Gasteiger partial charge in [0.25, 0.3) is 0 Å². The van der Waals surface area contributed by atoms with Gasteiger partial charge in [0.05, 0.1) is 19.2 Å². The average molecular weight is 277 g/mol. The zero-order valence-electron chi connectivity index (χ0n) is 10.8. The summed E-state index contributed by atoms with van der Waals surface area (Å²) in [7, 11) is 0. The minimum Gasteiger partial charge on any atom is -0.479 e. The van der Waals surface area contributed by atoms with Gasteiger partial charge in [-0.05, 0) is 5.56 Å². The zero-order valence-corrected chi connectivity index (χ0v) is 10.8. The van der Waals surface area contributed by atoms with Gasteiger partial charge in [-0.2, -0.15) is 0 Å². The van der Waals surface area contributed by atoms with Gasteiger partial charge in [-0.15, -0.1) is 0 Å². The van der Waals surface area contributed by atoms with Crippen LogP contribution in [-0.2, 0) is 20.9 Å². The Labute approximate surface area is 115 Å². The number of nitrogens with zero attached hydrogens (tertiary/aromatic N) is 1. The summed E-state index contributed by atoms with van der Waals surface area (Å²) < 4.78 is 10.5. The number of benzene rings is 1. The van der Waals surface area contributed by atoms with Crippen molar-refractivity contribution in [1.29, 1.82) is 0 Å². The third kappa shape index (κ3) is 2.12.